The van der Waals surface area contributed by atoms with E-state index in [0.717, 1.165) is 6.42 Å². The first-order valence-corrected chi connectivity index (χ1v) is 7.07. The molecule has 1 unspecified atom stereocenters. The van der Waals surface area contributed by atoms with Crippen molar-refractivity contribution < 1.29 is 14.7 Å². The zero-order valence-electron chi connectivity index (χ0n) is 13.1. The van der Waals surface area contributed by atoms with E-state index >= 15 is 0 Å². The highest BCUT2D eigenvalue weighted by atomic mass is 16.4. The first-order chi connectivity index (χ1) is 9.19. The van der Waals surface area contributed by atoms with Gasteiger partial charge in [0.2, 0.25) is 0 Å². The normalized spacial score (nSPS) is 12.6. The summed E-state index contributed by atoms with van der Waals surface area (Å²) in [7, 11) is 0. The van der Waals surface area contributed by atoms with Crippen LogP contribution < -0.4 is 5.32 Å². The van der Waals surface area contributed by atoms with Crippen LogP contribution in [0.5, 0.6) is 0 Å². The van der Waals surface area contributed by atoms with E-state index in [1.807, 2.05) is 27.7 Å². The molecular formula is C15H28N2O3. The maximum Gasteiger partial charge on any atom is 0.317 e. The van der Waals surface area contributed by atoms with Gasteiger partial charge < -0.3 is 15.3 Å². The summed E-state index contributed by atoms with van der Waals surface area (Å²) >= 11 is 0. The van der Waals surface area contributed by atoms with Gasteiger partial charge in [0.05, 0.1) is 6.42 Å². The second-order valence-electron chi connectivity index (χ2n) is 6.24. The van der Waals surface area contributed by atoms with E-state index in [2.05, 4.69) is 11.9 Å². The average molecular weight is 284 g/mol. The van der Waals surface area contributed by atoms with Crippen LogP contribution >= 0.6 is 0 Å². The van der Waals surface area contributed by atoms with Gasteiger partial charge in [0.25, 0.3) is 0 Å². The van der Waals surface area contributed by atoms with Crippen molar-refractivity contribution >= 4 is 12.0 Å². The first-order valence-electron chi connectivity index (χ1n) is 7.07. The zero-order chi connectivity index (χ0) is 15.8. The van der Waals surface area contributed by atoms with Gasteiger partial charge in [-0.3, -0.25) is 4.79 Å². The lowest BCUT2D eigenvalue weighted by atomic mass is 9.87. The first kappa shape index (κ1) is 18.5. The molecule has 0 aliphatic carbocycles. The fraction of sp³-hybridized carbons (Fsp3) is 0.733. The van der Waals surface area contributed by atoms with E-state index in [1.165, 1.54) is 0 Å². The Morgan fingerprint density at radius 2 is 2.00 bits per heavy atom. The van der Waals surface area contributed by atoms with Crippen molar-refractivity contribution in [2.45, 2.75) is 53.0 Å². The number of carboxylic acids is 1. The molecule has 2 N–H and O–H groups in total. The van der Waals surface area contributed by atoms with E-state index < -0.39 is 5.97 Å². The Balaban J connectivity index is 4.71. The number of aliphatic carboxylic acids is 1. The molecule has 2 amide bonds. The van der Waals surface area contributed by atoms with Gasteiger partial charge in [-0.2, -0.15) is 0 Å². The number of carbonyl (C=O) groups excluding carboxylic acids is 1. The number of carboxylic acid groups (broad SMARTS) is 1. The Morgan fingerprint density at radius 3 is 2.40 bits per heavy atom. The minimum atomic E-state index is -0.898. The summed E-state index contributed by atoms with van der Waals surface area (Å²) in [6.07, 6.45) is 3.09. The molecule has 5 heteroatoms. The lowest BCUT2D eigenvalue weighted by Crippen LogP contribution is -2.47. The minimum Gasteiger partial charge on any atom is -0.481 e. The number of hydrogen-bond donors (Lipinski definition) is 2. The summed E-state index contributed by atoms with van der Waals surface area (Å²) in [6.45, 7) is 12.8. The van der Waals surface area contributed by atoms with E-state index in [4.69, 9.17) is 5.11 Å². The lowest BCUT2D eigenvalue weighted by molar-refractivity contribution is -0.137. The van der Waals surface area contributed by atoms with Crippen LogP contribution in [0.15, 0.2) is 12.7 Å². The molecule has 5 nitrogen and oxygen atoms in total. The lowest BCUT2D eigenvalue weighted by Gasteiger charge is -2.29. The van der Waals surface area contributed by atoms with E-state index in [0.29, 0.717) is 19.5 Å². The molecule has 116 valence electrons. The van der Waals surface area contributed by atoms with Crippen LogP contribution in [0, 0.1) is 5.41 Å². The SMILES string of the molecule is C=CCN(CCC)C(=O)NC(CC(=O)O)CC(C)(C)C. The standard InChI is InChI=1S/C15H28N2O3/c1-6-8-17(9-7-2)14(20)16-12(10-13(18)19)11-15(3,4)5/h6,12H,1,7-11H2,2-5H3,(H,16,20)(H,18,19). The summed E-state index contributed by atoms with van der Waals surface area (Å²) in [5, 5.41) is 11.8. The number of nitrogens with zero attached hydrogens (tertiary/aromatic N) is 1. The highest BCUT2D eigenvalue weighted by Gasteiger charge is 2.24. The summed E-state index contributed by atoms with van der Waals surface area (Å²) in [5.41, 5.74) is -0.0403. The Kier molecular flexibility index (Phi) is 7.96. The van der Waals surface area contributed by atoms with Crippen molar-refractivity contribution in [2.75, 3.05) is 13.1 Å². The van der Waals surface area contributed by atoms with Gasteiger partial charge in [0.15, 0.2) is 0 Å². The average Bonchev–Trinajstić information content (AvgIpc) is 2.25. The van der Waals surface area contributed by atoms with Gasteiger partial charge in [-0.1, -0.05) is 33.8 Å². The molecule has 0 spiro atoms. The number of rotatable bonds is 8. The molecule has 0 aliphatic rings. The number of hydrogen-bond acceptors (Lipinski definition) is 2. The Morgan fingerprint density at radius 1 is 1.40 bits per heavy atom. The van der Waals surface area contributed by atoms with Crippen LogP contribution in [0.3, 0.4) is 0 Å². The van der Waals surface area contributed by atoms with Gasteiger partial charge >= 0.3 is 12.0 Å². The quantitative estimate of drug-likeness (QED) is 0.673. The molecule has 0 heterocycles. The molecule has 0 bridgehead atoms. The van der Waals surface area contributed by atoms with Crippen LogP contribution in [0.2, 0.25) is 0 Å². The van der Waals surface area contributed by atoms with Crippen molar-refractivity contribution in [2.24, 2.45) is 5.41 Å². The molecule has 1 atom stereocenters. The fourth-order valence-corrected chi connectivity index (χ4v) is 2.09. The van der Waals surface area contributed by atoms with Gasteiger partial charge in [-0.05, 0) is 18.3 Å². The second kappa shape index (κ2) is 8.61. The molecule has 0 saturated carbocycles. The predicted octanol–water partition coefficient (Wildman–Crippen LogP) is 2.87. The van der Waals surface area contributed by atoms with Crippen LogP contribution in [0.1, 0.15) is 47.0 Å². The summed E-state index contributed by atoms with van der Waals surface area (Å²) in [4.78, 5) is 24.7. The molecule has 0 aromatic carbocycles. The van der Waals surface area contributed by atoms with Crippen LogP contribution in [0.4, 0.5) is 4.79 Å². The van der Waals surface area contributed by atoms with Crippen molar-refractivity contribution in [3.05, 3.63) is 12.7 Å². The highest BCUT2D eigenvalue weighted by molar-refractivity contribution is 5.76. The summed E-state index contributed by atoms with van der Waals surface area (Å²) < 4.78 is 0. The van der Waals surface area contributed by atoms with Gasteiger partial charge in [0, 0.05) is 19.1 Å². The van der Waals surface area contributed by atoms with Gasteiger partial charge in [-0.25, -0.2) is 4.79 Å². The number of urea groups is 1. The second-order valence-corrected chi connectivity index (χ2v) is 6.24. The smallest absolute Gasteiger partial charge is 0.317 e. The predicted molar refractivity (Wildman–Crippen MR) is 80.7 cm³/mol. The third-order valence-corrected chi connectivity index (χ3v) is 2.74. The van der Waals surface area contributed by atoms with Crippen LogP contribution in [-0.4, -0.2) is 41.1 Å². The summed E-state index contributed by atoms with van der Waals surface area (Å²) in [6, 6.07) is -0.577. The largest absolute Gasteiger partial charge is 0.481 e. The number of nitrogens with one attached hydrogen (secondary N) is 1. The Bertz CT molecular complexity index is 335. The van der Waals surface area contributed by atoms with Crippen molar-refractivity contribution in [3.63, 3.8) is 0 Å². The summed E-state index contributed by atoms with van der Waals surface area (Å²) in [5.74, 6) is -0.898. The van der Waals surface area contributed by atoms with Crippen LogP contribution in [-0.2, 0) is 4.79 Å². The molecular weight excluding hydrogens is 256 g/mol. The third-order valence-electron chi connectivity index (χ3n) is 2.74. The molecule has 0 saturated heterocycles. The molecule has 20 heavy (non-hydrogen) atoms. The fourth-order valence-electron chi connectivity index (χ4n) is 2.09. The highest BCUT2D eigenvalue weighted by Crippen LogP contribution is 2.22. The number of carbonyl (C=O) groups is 2. The van der Waals surface area contributed by atoms with Crippen molar-refractivity contribution in [1.29, 1.82) is 0 Å². The Labute approximate surface area is 122 Å². The molecule has 0 aromatic rings. The topological polar surface area (TPSA) is 69.6 Å². The molecule has 0 radical (unpaired) electrons. The van der Waals surface area contributed by atoms with E-state index in [-0.39, 0.29) is 23.9 Å². The maximum absolute atomic E-state index is 12.2. The monoisotopic (exact) mass is 284 g/mol. The molecule has 0 rings (SSSR count). The molecule has 0 fully saturated rings. The van der Waals surface area contributed by atoms with Crippen molar-refractivity contribution in [3.8, 4) is 0 Å². The minimum absolute atomic E-state index is 0.0403. The van der Waals surface area contributed by atoms with E-state index in [1.54, 1.807) is 11.0 Å². The van der Waals surface area contributed by atoms with E-state index in [9.17, 15) is 9.59 Å². The van der Waals surface area contributed by atoms with Crippen molar-refractivity contribution in [1.82, 2.24) is 10.2 Å². The third kappa shape index (κ3) is 8.56. The molecule has 0 aromatic heterocycles. The van der Waals surface area contributed by atoms with Crippen LogP contribution in [0.25, 0.3) is 0 Å². The zero-order valence-corrected chi connectivity index (χ0v) is 13.1. The van der Waals surface area contributed by atoms with Gasteiger partial charge in [0.1, 0.15) is 0 Å². The molecule has 0 aliphatic heterocycles. The van der Waals surface area contributed by atoms with Gasteiger partial charge in [-0.15, -0.1) is 6.58 Å². The number of amides is 2. The Hall–Kier alpha value is -1.52. The maximum atomic E-state index is 12.2.